The molecule has 2 aromatic heterocycles. The summed E-state index contributed by atoms with van der Waals surface area (Å²) in [5.74, 6) is -1.91. The summed E-state index contributed by atoms with van der Waals surface area (Å²) in [6.45, 7) is 2.68. The van der Waals surface area contributed by atoms with Gasteiger partial charge in [0, 0.05) is 38.1 Å². The number of fused-ring (bicyclic) bond motifs is 1. The number of hydrogen-bond donors (Lipinski definition) is 2. The minimum absolute atomic E-state index is 0. The van der Waals surface area contributed by atoms with E-state index in [-0.39, 0.29) is 35.0 Å². The molecule has 1 aromatic carbocycles. The largest absolute Gasteiger partial charge is 0.508 e. The van der Waals surface area contributed by atoms with Crippen molar-refractivity contribution >= 4 is 35.2 Å². The lowest BCUT2D eigenvalue weighted by molar-refractivity contribution is 0.0695. The van der Waals surface area contributed by atoms with Crippen molar-refractivity contribution in [3.8, 4) is 11.4 Å². The van der Waals surface area contributed by atoms with Crippen LogP contribution in [0.25, 0.3) is 16.7 Å². The zero-order chi connectivity index (χ0) is 20.7. The molecule has 30 heavy (non-hydrogen) atoms. The summed E-state index contributed by atoms with van der Waals surface area (Å²) in [6.07, 6.45) is 1.18. The monoisotopic (exact) mass is 434 g/mol. The standard InChI is InChI=1S/C20H19FN4O4.ClH/c1-23-6-8-24(9-7-23)19-16(21)10-14-17(27)15(20(28)29)11-25(18(14)22-19)12-2-4-13(26)5-3-12;/h2-5,10-11,26H,6-9H2,1H3,(H,28,29);1H. The second-order valence-corrected chi connectivity index (χ2v) is 7.02. The first-order valence-corrected chi connectivity index (χ1v) is 9.07. The quantitative estimate of drug-likeness (QED) is 0.651. The fourth-order valence-corrected chi connectivity index (χ4v) is 3.42. The van der Waals surface area contributed by atoms with Gasteiger partial charge in [0.15, 0.2) is 17.3 Å². The zero-order valence-corrected chi connectivity index (χ0v) is 16.9. The number of halogens is 2. The molecular weight excluding hydrogens is 415 g/mol. The lowest BCUT2D eigenvalue weighted by Gasteiger charge is -2.33. The van der Waals surface area contributed by atoms with Crippen LogP contribution in [0, 0.1) is 5.82 Å². The molecule has 1 fully saturated rings. The summed E-state index contributed by atoms with van der Waals surface area (Å²) in [4.78, 5) is 32.5. The fraction of sp³-hybridized carbons (Fsp3) is 0.250. The second kappa shape index (κ2) is 8.29. The Bertz CT molecular complexity index is 1160. The van der Waals surface area contributed by atoms with E-state index in [4.69, 9.17) is 0 Å². The molecule has 0 radical (unpaired) electrons. The number of aromatic nitrogens is 2. The van der Waals surface area contributed by atoms with Gasteiger partial charge in [-0.25, -0.2) is 14.2 Å². The Morgan fingerprint density at radius 1 is 1.13 bits per heavy atom. The number of benzene rings is 1. The van der Waals surface area contributed by atoms with E-state index >= 15 is 0 Å². The molecule has 8 nitrogen and oxygen atoms in total. The average molecular weight is 435 g/mol. The van der Waals surface area contributed by atoms with Crippen molar-refractivity contribution in [2.75, 3.05) is 38.1 Å². The Morgan fingerprint density at radius 3 is 2.37 bits per heavy atom. The first kappa shape index (κ1) is 21.5. The van der Waals surface area contributed by atoms with Gasteiger partial charge in [-0.2, -0.15) is 0 Å². The van der Waals surface area contributed by atoms with E-state index in [1.54, 1.807) is 12.1 Å². The third-order valence-electron chi connectivity index (χ3n) is 5.07. The predicted octanol–water partition coefficient (Wildman–Crippen LogP) is 2.10. The summed E-state index contributed by atoms with van der Waals surface area (Å²) in [6, 6.07) is 7.05. The lowest BCUT2D eigenvalue weighted by atomic mass is 10.1. The van der Waals surface area contributed by atoms with Crippen LogP contribution in [-0.4, -0.2) is 63.9 Å². The van der Waals surface area contributed by atoms with Gasteiger partial charge >= 0.3 is 5.97 Å². The van der Waals surface area contributed by atoms with Gasteiger partial charge in [-0.3, -0.25) is 4.79 Å². The van der Waals surface area contributed by atoms with Crippen LogP contribution in [0.15, 0.2) is 41.3 Å². The van der Waals surface area contributed by atoms with E-state index in [9.17, 15) is 24.2 Å². The molecule has 0 bridgehead atoms. The molecule has 10 heteroatoms. The smallest absolute Gasteiger partial charge is 0.341 e. The Hall–Kier alpha value is -3.17. The molecule has 0 saturated carbocycles. The lowest BCUT2D eigenvalue weighted by Crippen LogP contribution is -2.45. The van der Waals surface area contributed by atoms with Crippen LogP contribution in [0.3, 0.4) is 0 Å². The van der Waals surface area contributed by atoms with Crippen LogP contribution in [0.2, 0.25) is 0 Å². The Labute approximate surface area is 177 Å². The number of pyridine rings is 2. The highest BCUT2D eigenvalue weighted by Crippen LogP contribution is 2.25. The predicted molar refractivity (Wildman–Crippen MR) is 113 cm³/mol. The highest BCUT2D eigenvalue weighted by Gasteiger charge is 2.23. The summed E-state index contributed by atoms with van der Waals surface area (Å²) in [7, 11) is 1.98. The van der Waals surface area contributed by atoms with Crippen molar-refractivity contribution in [3.05, 3.63) is 58.1 Å². The molecule has 0 spiro atoms. The van der Waals surface area contributed by atoms with Crippen molar-refractivity contribution in [1.82, 2.24) is 14.5 Å². The van der Waals surface area contributed by atoms with Crippen LogP contribution in [0.1, 0.15) is 10.4 Å². The highest BCUT2D eigenvalue weighted by molar-refractivity contribution is 5.92. The van der Waals surface area contributed by atoms with Gasteiger partial charge in [0.2, 0.25) is 5.43 Å². The fourth-order valence-electron chi connectivity index (χ4n) is 3.42. The van der Waals surface area contributed by atoms with E-state index in [1.165, 1.54) is 22.9 Å². The number of phenolic OH excluding ortho intramolecular Hbond substituents is 1. The van der Waals surface area contributed by atoms with Gasteiger partial charge in [0.25, 0.3) is 0 Å². The van der Waals surface area contributed by atoms with Crippen LogP contribution < -0.4 is 10.3 Å². The molecule has 1 aliphatic rings. The first-order chi connectivity index (χ1) is 13.8. The van der Waals surface area contributed by atoms with Crippen LogP contribution in [-0.2, 0) is 0 Å². The molecule has 0 aliphatic carbocycles. The molecule has 158 valence electrons. The number of carbonyl (C=O) groups is 1. The van der Waals surface area contributed by atoms with Gasteiger partial charge < -0.3 is 24.6 Å². The SMILES string of the molecule is CN1CCN(c2nc3c(cc2F)c(=O)c(C(=O)O)cn3-c2ccc(O)cc2)CC1.Cl. The summed E-state index contributed by atoms with van der Waals surface area (Å²) in [5.41, 5.74) is -0.641. The van der Waals surface area contributed by atoms with Crippen molar-refractivity contribution in [1.29, 1.82) is 0 Å². The number of nitrogens with zero attached hydrogens (tertiary/aromatic N) is 4. The third-order valence-corrected chi connectivity index (χ3v) is 5.07. The van der Waals surface area contributed by atoms with E-state index in [0.717, 1.165) is 19.2 Å². The highest BCUT2D eigenvalue weighted by atomic mass is 35.5. The molecular formula is C20H20ClFN4O4. The molecule has 1 aliphatic heterocycles. The van der Waals surface area contributed by atoms with Crippen LogP contribution >= 0.6 is 12.4 Å². The molecule has 2 N–H and O–H groups in total. The van der Waals surface area contributed by atoms with Crippen molar-refractivity contribution in [3.63, 3.8) is 0 Å². The van der Waals surface area contributed by atoms with Crippen LogP contribution in [0.5, 0.6) is 5.75 Å². The molecule has 1 saturated heterocycles. The maximum atomic E-state index is 14.9. The normalized spacial score (nSPS) is 14.5. The van der Waals surface area contributed by atoms with Crippen LogP contribution in [0.4, 0.5) is 10.2 Å². The number of aromatic hydroxyl groups is 1. The Kier molecular flexibility index (Phi) is 5.95. The van der Waals surface area contributed by atoms with E-state index < -0.39 is 22.8 Å². The third kappa shape index (κ3) is 3.81. The number of anilines is 1. The number of phenols is 1. The molecule has 0 atom stereocenters. The van der Waals surface area contributed by atoms with Gasteiger partial charge in [-0.05, 0) is 37.4 Å². The average Bonchev–Trinajstić information content (AvgIpc) is 2.70. The van der Waals surface area contributed by atoms with Gasteiger partial charge in [0.05, 0.1) is 5.39 Å². The molecule has 3 heterocycles. The van der Waals surface area contributed by atoms with E-state index in [0.29, 0.717) is 18.8 Å². The number of hydrogen-bond acceptors (Lipinski definition) is 6. The number of carboxylic acid groups (broad SMARTS) is 1. The summed E-state index contributed by atoms with van der Waals surface area (Å²) in [5, 5.41) is 18.8. The zero-order valence-electron chi connectivity index (χ0n) is 16.1. The second-order valence-electron chi connectivity index (χ2n) is 7.02. The topological polar surface area (TPSA) is 98.9 Å². The molecule has 3 aromatic rings. The van der Waals surface area contributed by atoms with E-state index in [1.807, 2.05) is 11.9 Å². The maximum absolute atomic E-state index is 14.9. The minimum Gasteiger partial charge on any atom is -0.508 e. The van der Waals surface area contributed by atoms with Gasteiger partial charge in [-0.1, -0.05) is 0 Å². The number of aromatic carboxylic acids is 1. The van der Waals surface area contributed by atoms with Gasteiger partial charge in [0.1, 0.15) is 11.3 Å². The van der Waals surface area contributed by atoms with Crippen molar-refractivity contribution in [2.24, 2.45) is 0 Å². The maximum Gasteiger partial charge on any atom is 0.341 e. The van der Waals surface area contributed by atoms with Crippen molar-refractivity contribution < 1.29 is 19.4 Å². The van der Waals surface area contributed by atoms with Gasteiger partial charge in [-0.15, -0.1) is 12.4 Å². The minimum atomic E-state index is -1.41. The number of rotatable bonds is 3. The van der Waals surface area contributed by atoms with Crippen molar-refractivity contribution in [2.45, 2.75) is 0 Å². The van der Waals surface area contributed by atoms with E-state index in [2.05, 4.69) is 9.88 Å². The molecule has 0 unspecified atom stereocenters. The summed E-state index contributed by atoms with van der Waals surface area (Å²) < 4.78 is 16.3. The number of piperazine rings is 1. The summed E-state index contributed by atoms with van der Waals surface area (Å²) >= 11 is 0. The Morgan fingerprint density at radius 2 is 1.77 bits per heavy atom. The molecule has 0 amide bonds. The molecule has 4 rings (SSSR count). The first-order valence-electron chi connectivity index (χ1n) is 9.07. The number of carboxylic acids is 1. The number of likely N-dealkylation sites (N-methyl/N-ethyl adjacent to an activating group) is 1. The Balaban J connectivity index is 0.00000256.